The lowest BCUT2D eigenvalue weighted by molar-refractivity contribution is -0.137. The Morgan fingerprint density at radius 3 is 2.26 bits per heavy atom. The fourth-order valence-corrected chi connectivity index (χ4v) is 2.12. The van der Waals surface area contributed by atoms with Gasteiger partial charge in [0.25, 0.3) is 5.91 Å². The van der Waals surface area contributed by atoms with Gasteiger partial charge in [0.1, 0.15) is 0 Å². The number of H-pyrrole nitrogens is 2. The van der Waals surface area contributed by atoms with Crippen LogP contribution >= 0.6 is 0 Å². The van der Waals surface area contributed by atoms with Crippen LogP contribution in [-0.2, 0) is 6.18 Å². The minimum atomic E-state index is -4.42. The molecule has 1 heterocycles. The van der Waals surface area contributed by atoms with Gasteiger partial charge in [-0.15, -0.1) is 0 Å². The van der Waals surface area contributed by atoms with Crippen molar-refractivity contribution in [3.8, 4) is 0 Å². The molecule has 0 unspecified atom stereocenters. The van der Waals surface area contributed by atoms with Crippen molar-refractivity contribution >= 4 is 22.6 Å². The van der Waals surface area contributed by atoms with Crippen molar-refractivity contribution in [2.45, 2.75) is 6.18 Å². The van der Waals surface area contributed by atoms with E-state index in [0.717, 1.165) is 12.1 Å². The maximum Gasteiger partial charge on any atom is 0.416 e. The number of carbonyl (C=O) groups is 1. The second-order valence-electron chi connectivity index (χ2n) is 4.87. The zero-order chi connectivity index (χ0) is 16.6. The number of hydrogen-bond donors (Lipinski definition) is 3. The summed E-state index contributed by atoms with van der Waals surface area (Å²) in [6, 6.07) is 8.69. The second-order valence-corrected chi connectivity index (χ2v) is 4.87. The molecule has 0 radical (unpaired) electrons. The van der Waals surface area contributed by atoms with E-state index in [2.05, 4.69) is 15.3 Å². The Morgan fingerprint density at radius 1 is 0.957 bits per heavy atom. The van der Waals surface area contributed by atoms with E-state index in [-0.39, 0.29) is 16.9 Å². The van der Waals surface area contributed by atoms with Crippen LogP contribution in [0.2, 0.25) is 0 Å². The summed E-state index contributed by atoms with van der Waals surface area (Å²) < 4.78 is 37.4. The highest BCUT2D eigenvalue weighted by atomic mass is 19.4. The van der Waals surface area contributed by atoms with Gasteiger partial charge in [0.2, 0.25) is 0 Å². The van der Waals surface area contributed by atoms with Gasteiger partial charge in [-0.05, 0) is 42.5 Å². The van der Waals surface area contributed by atoms with Crippen LogP contribution in [0.25, 0.3) is 11.0 Å². The van der Waals surface area contributed by atoms with E-state index >= 15 is 0 Å². The maximum atomic E-state index is 12.5. The van der Waals surface area contributed by atoms with E-state index in [4.69, 9.17) is 0 Å². The van der Waals surface area contributed by atoms with Crippen LogP contribution in [0.4, 0.5) is 18.9 Å². The Balaban J connectivity index is 1.81. The SMILES string of the molecule is O=C(Nc1ccc(C(F)(F)F)cc1)c1ccc2[nH]c(=O)[nH]c2c1. The molecular formula is C15H10F3N3O2. The molecule has 0 aliphatic carbocycles. The normalized spacial score (nSPS) is 11.6. The van der Waals surface area contributed by atoms with E-state index in [1.54, 1.807) is 6.07 Å². The molecule has 0 aliphatic heterocycles. The Labute approximate surface area is 127 Å². The molecule has 1 amide bonds. The molecule has 0 atom stereocenters. The van der Waals surface area contributed by atoms with Crippen molar-refractivity contribution < 1.29 is 18.0 Å². The van der Waals surface area contributed by atoms with Crippen molar-refractivity contribution in [2.75, 3.05) is 5.32 Å². The summed E-state index contributed by atoms with van der Waals surface area (Å²) >= 11 is 0. The molecule has 0 aliphatic rings. The zero-order valence-corrected chi connectivity index (χ0v) is 11.5. The molecule has 3 aromatic rings. The zero-order valence-electron chi connectivity index (χ0n) is 11.5. The average Bonchev–Trinajstić information content (AvgIpc) is 2.85. The Kier molecular flexibility index (Phi) is 3.44. The summed E-state index contributed by atoms with van der Waals surface area (Å²) in [5.41, 5.74) is 0.358. The van der Waals surface area contributed by atoms with Gasteiger partial charge in [0.05, 0.1) is 16.6 Å². The first kappa shape index (κ1) is 14.9. The molecule has 0 saturated carbocycles. The number of hydrogen-bond acceptors (Lipinski definition) is 2. The molecule has 1 aromatic heterocycles. The first-order chi connectivity index (χ1) is 10.8. The third-order valence-corrected chi connectivity index (χ3v) is 3.25. The van der Waals surface area contributed by atoms with E-state index in [1.807, 2.05) is 0 Å². The number of carbonyl (C=O) groups excluding carboxylic acids is 1. The van der Waals surface area contributed by atoms with Gasteiger partial charge in [-0.25, -0.2) is 4.79 Å². The van der Waals surface area contributed by atoms with Crippen LogP contribution in [-0.4, -0.2) is 15.9 Å². The summed E-state index contributed by atoms with van der Waals surface area (Å²) in [6.45, 7) is 0. The fraction of sp³-hybridized carbons (Fsp3) is 0.0667. The van der Waals surface area contributed by atoms with Crippen molar-refractivity contribution in [3.05, 3.63) is 64.1 Å². The van der Waals surface area contributed by atoms with Crippen LogP contribution in [0, 0.1) is 0 Å². The first-order valence-electron chi connectivity index (χ1n) is 6.53. The molecule has 118 valence electrons. The third-order valence-electron chi connectivity index (χ3n) is 3.25. The van der Waals surface area contributed by atoms with Crippen LogP contribution < -0.4 is 11.0 Å². The molecule has 2 aromatic carbocycles. The number of aromatic amines is 2. The first-order valence-corrected chi connectivity index (χ1v) is 6.53. The predicted octanol–water partition coefficient (Wildman–Crippen LogP) is 3.13. The average molecular weight is 321 g/mol. The van der Waals surface area contributed by atoms with E-state index < -0.39 is 17.6 Å². The second kappa shape index (κ2) is 5.31. The standard InChI is InChI=1S/C15H10F3N3O2/c16-15(17,18)9-2-4-10(5-3-9)19-13(22)8-1-6-11-12(7-8)21-14(23)20-11/h1-7H,(H,19,22)(H2,20,21,23). The van der Waals surface area contributed by atoms with Crippen molar-refractivity contribution in [1.82, 2.24) is 9.97 Å². The summed E-state index contributed by atoms with van der Waals surface area (Å²) in [5, 5.41) is 2.50. The van der Waals surface area contributed by atoms with Crippen LogP contribution in [0.5, 0.6) is 0 Å². The molecule has 3 N–H and O–H groups in total. The number of rotatable bonds is 2. The Morgan fingerprint density at radius 2 is 1.61 bits per heavy atom. The lowest BCUT2D eigenvalue weighted by Crippen LogP contribution is -2.12. The van der Waals surface area contributed by atoms with Crippen LogP contribution in [0.3, 0.4) is 0 Å². The van der Waals surface area contributed by atoms with Crippen LogP contribution in [0.15, 0.2) is 47.3 Å². The van der Waals surface area contributed by atoms with Gasteiger partial charge < -0.3 is 15.3 Å². The minimum Gasteiger partial charge on any atom is -0.322 e. The number of fused-ring (bicyclic) bond motifs is 1. The smallest absolute Gasteiger partial charge is 0.322 e. The molecule has 0 spiro atoms. The summed E-state index contributed by atoms with van der Waals surface area (Å²) in [6.07, 6.45) is -4.42. The molecule has 0 fully saturated rings. The molecule has 8 heteroatoms. The number of nitrogens with one attached hydrogen (secondary N) is 3. The third kappa shape index (κ3) is 3.10. The van der Waals surface area contributed by atoms with Gasteiger partial charge in [-0.2, -0.15) is 13.2 Å². The molecule has 5 nitrogen and oxygen atoms in total. The number of imidazole rings is 1. The Bertz CT molecular complexity index is 924. The number of alkyl halides is 3. The highest BCUT2D eigenvalue weighted by Gasteiger charge is 2.29. The monoisotopic (exact) mass is 321 g/mol. The maximum absolute atomic E-state index is 12.5. The number of amides is 1. The number of anilines is 1. The number of halogens is 3. The van der Waals surface area contributed by atoms with E-state index in [9.17, 15) is 22.8 Å². The fourth-order valence-electron chi connectivity index (χ4n) is 2.12. The van der Waals surface area contributed by atoms with Crippen molar-refractivity contribution in [3.63, 3.8) is 0 Å². The summed E-state index contributed by atoms with van der Waals surface area (Å²) in [5.74, 6) is -0.492. The predicted molar refractivity (Wildman–Crippen MR) is 78.3 cm³/mol. The Hall–Kier alpha value is -3.03. The van der Waals surface area contributed by atoms with E-state index in [0.29, 0.717) is 11.0 Å². The highest BCUT2D eigenvalue weighted by Crippen LogP contribution is 2.29. The van der Waals surface area contributed by atoms with Crippen LogP contribution in [0.1, 0.15) is 15.9 Å². The molecule has 3 rings (SSSR count). The van der Waals surface area contributed by atoms with Crippen molar-refractivity contribution in [2.24, 2.45) is 0 Å². The molecule has 23 heavy (non-hydrogen) atoms. The minimum absolute atomic E-state index is 0.241. The largest absolute Gasteiger partial charge is 0.416 e. The summed E-state index contributed by atoms with van der Waals surface area (Å²) in [4.78, 5) is 28.4. The lowest BCUT2D eigenvalue weighted by atomic mass is 10.1. The van der Waals surface area contributed by atoms with Gasteiger partial charge >= 0.3 is 11.9 Å². The molecular weight excluding hydrogens is 311 g/mol. The number of benzene rings is 2. The quantitative estimate of drug-likeness (QED) is 0.678. The van der Waals surface area contributed by atoms with Gasteiger partial charge in [0.15, 0.2) is 0 Å². The van der Waals surface area contributed by atoms with Gasteiger partial charge in [-0.3, -0.25) is 4.79 Å². The van der Waals surface area contributed by atoms with Gasteiger partial charge in [-0.1, -0.05) is 0 Å². The summed E-state index contributed by atoms with van der Waals surface area (Å²) in [7, 11) is 0. The van der Waals surface area contributed by atoms with Gasteiger partial charge in [0, 0.05) is 11.3 Å². The van der Waals surface area contributed by atoms with E-state index in [1.165, 1.54) is 24.3 Å². The lowest BCUT2D eigenvalue weighted by Gasteiger charge is -2.09. The number of aromatic nitrogens is 2. The highest BCUT2D eigenvalue weighted by molar-refractivity contribution is 6.05. The van der Waals surface area contributed by atoms with Crippen molar-refractivity contribution in [1.29, 1.82) is 0 Å². The molecule has 0 bridgehead atoms. The molecule has 0 saturated heterocycles. The topological polar surface area (TPSA) is 77.8 Å².